The second-order valence-corrected chi connectivity index (χ2v) is 8.66. The van der Waals surface area contributed by atoms with Gasteiger partial charge in [0, 0.05) is 41.3 Å². The van der Waals surface area contributed by atoms with E-state index in [4.69, 9.17) is 10.5 Å². The minimum Gasteiger partial charge on any atom is -0.492 e. The summed E-state index contributed by atoms with van der Waals surface area (Å²) in [6, 6.07) is 11.3. The van der Waals surface area contributed by atoms with Crippen LogP contribution in [0, 0.1) is 5.82 Å². The fourth-order valence-electron chi connectivity index (χ4n) is 4.57. The van der Waals surface area contributed by atoms with E-state index in [0.717, 1.165) is 47.3 Å². The number of allylic oxidation sites excluding steroid dienone is 1. The topological polar surface area (TPSA) is 80.1 Å². The molecule has 4 heterocycles. The maximum absolute atomic E-state index is 15.2. The third-order valence-corrected chi connectivity index (χ3v) is 6.38. The number of ether oxygens (including phenoxy) is 1. The highest BCUT2D eigenvalue weighted by atomic mass is 19.1. The lowest BCUT2D eigenvalue weighted by Crippen LogP contribution is -2.25. The number of halogens is 1. The Hall–Kier alpha value is -3.97. The van der Waals surface area contributed by atoms with Crippen LogP contribution in [0.4, 0.5) is 4.39 Å². The van der Waals surface area contributed by atoms with E-state index in [1.54, 1.807) is 12.4 Å². The Morgan fingerprint density at radius 3 is 2.69 bits per heavy atom. The number of hydrogen-bond donors (Lipinski definition) is 2. The summed E-state index contributed by atoms with van der Waals surface area (Å²) >= 11 is 0. The highest BCUT2D eigenvalue weighted by Gasteiger charge is 2.16. The van der Waals surface area contributed by atoms with Crippen LogP contribution in [0.5, 0.6) is 5.75 Å². The van der Waals surface area contributed by atoms with Crippen LogP contribution in [0.1, 0.15) is 18.4 Å². The molecule has 1 aliphatic rings. The predicted molar refractivity (Wildman–Crippen MR) is 138 cm³/mol. The van der Waals surface area contributed by atoms with Gasteiger partial charge in [-0.1, -0.05) is 24.8 Å². The van der Waals surface area contributed by atoms with Gasteiger partial charge in [-0.25, -0.2) is 9.37 Å². The Labute approximate surface area is 203 Å². The second kappa shape index (κ2) is 10.1. The molecular formula is C28H28FN5O. The molecule has 5 rings (SSSR count). The molecule has 1 aliphatic heterocycles. The SMILES string of the molecule is C=C(/C=c1\c(=C/N)[nH]c2ncc(F)c(-c3ccc(OCCN4CCCC4)cc3)c12)c1cccnc1. The molecule has 0 aliphatic carbocycles. The Morgan fingerprint density at radius 1 is 1.17 bits per heavy atom. The van der Waals surface area contributed by atoms with Crippen molar-refractivity contribution in [2.75, 3.05) is 26.2 Å². The van der Waals surface area contributed by atoms with Gasteiger partial charge < -0.3 is 15.5 Å². The summed E-state index contributed by atoms with van der Waals surface area (Å²) in [7, 11) is 0. The van der Waals surface area contributed by atoms with Gasteiger partial charge >= 0.3 is 0 Å². The Balaban J connectivity index is 1.51. The molecule has 3 aromatic heterocycles. The number of H-pyrrole nitrogens is 1. The van der Waals surface area contributed by atoms with Gasteiger partial charge in [-0.2, -0.15) is 0 Å². The molecule has 4 aromatic rings. The third-order valence-electron chi connectivity index (χ3n) is 6.38. The summed E-state index contributed by atoms with van der Waals surface area (Å²) < 4.78 is 21.2. The maximum atomic E-state index is 15.2. The largest absolute Gasteiger partial charge is 0.492 e. The van der Waals surface area contributed by atoms with Crippen molar-refractivity contribution in [2.45, 2.75) is 12.8 Å². The number of nitrogens with two attached hydrogens (primary N) is 1. The van der Waals surface area contributed by atoms with Crippen LogP contribution in [0.2, 0.25) is 0 Å². The van der Waals surface area contributed by atoms with Gasteiger partial charge in [0.1, 0.15) is 23.8 Å². The monoisotopic (exact) mass is 469 g/mol. The van der Waals surface area contributed by atoms with Gasteiger partial charge in [-0.15, -0.1) is 0 Å². The van der Waals surface area contributed by atoms with E-state index in [9.17, 15) is 0 Å². The standard InChI is InChI=1S/C28H28FN5O/c1-19(21-5-4-10-31-17-21)15-23-25(16-30)33-28-27(23)26(24(29)18-32-28)20-6-8-22(9-7-20)35-14-13-34-11-2-3-12-34/h4-10,15-18H,1-3,11-14,30H2,(H,32,33)/b23-15+,25-16+. The first-order valence-electron chi connectivity index (χ1n) is 11.8. The molecule has 7 heteroatoms. The smallest absolute Gasteiger partial charge is 0.150 e. The first-order chi connectivity index (χ1) is 17.1. The normalized spacial score (nSPS) is 15.2. The van der Waals surface area contributed by atoms with E-state index in [-0.39, 0.29) is 0 Å². The highest BCUT2D eigenvalue weighted by Crippen LogP contribution is 2.29. The molecule has 35 heavy (non-hydrogen) atoms. The van der Waals surface area contributed by atoms with Crippen molar-refractivity contribution in [3.05, 3.63) is 83.5 Å². The number of nitrogens with zero attached hydrogens (tertiary/aromatic N) is 3. The van der Waals surface area contributed by atoms with E-state index >= 15 is 4.39 Å². The zero-order valence-electron chi connectivity index (χ0n) is 19.5. The van der Waals surface area contributed by atoms with Crippen LogP contribution < -0.4 is 21.0 Å². The lowest BCUT2D eigenvalue weighted by molar-refractivity contribution is 0.238. The molecule has 1 saturated heterocycles. The van der Waals surface area contributed by atoms with Crippen molar-refractivity contribution in [1.29, 1.82) is 0 Å². The number of aromatic amines is 1. The number of pyridine rings is 2. The summed E-state index contributed by atoms with van der Waals surface area (Å²) in [4.78, 5) is 14.0. The molecule has 0 saturated carbocycles. The fraction of sp³-hybridized carbons (Fsp3) is 0.214. The molecule has 0 spiro atoms. The van der Waals surface area contributed by atoms with Gasteiger partial charge in [-0.05, 0) is 66.9 Å². The molecule has 1 aromatic carbocycles. The molecule has 0 amide bonds. The van der Waals surface area contributed by atoms with E-state index in [2.05, 4.69) is 26.4 Å². The summed E-state index contributed by atoms with van der Waals surface area (Å²) in [6.45, 7) is 8.02. The summed E-state index contributed by atoms with van der Waals surface area (Å²) in [6.07, 6.45) is 10.5. The molecule has 6 nitrogen and oxygen atoms in total. The summed E-state index contributed by atoms with van der Waals surface area (Å²) in [5.74, 6) is 0.352. The minimum atomic E-state index is -0.413. The number of hydrogen-bond acceptors (Lipinski definition) is 5. The molecule has 178 valence electrons. The zero-order valence-corrected chi connectivity index (χ0v) is 19.5. The number of nitrogens with one attached hydrogen (secondary N) is 1. The van der Waals surface area contributed by atoms with Crippen molar-refractivity contribution in [1.82, 2.24) is 19.9 Å². The molecule has 0 atom stereocenters. The van der Waals surface area contributed by atoms with Crippen molar-refractivity contribution in [3.8, 4) is 16.9 Å². The van der Waals surface area contributed by atoms with Gasteiger partial charge in [0.2, 0.25) is 0 Å². The van der Waals surface area contributed by atoms with Crippen molar-refractivity contribution in [3.63, 3.8) is 0 Å². The highest BCUT2D eigenvalue weighted by molar-refractivity contribution is 5.98. The van der Waals surface area contributed by atoms with Crippen LogP contribution in [-0.4, -0.2) is 46.1 Å². The summed E-state index contributed by atoms with van der Waals surface area (Å²) in [5.41, 5.74) is 9.24. The summed E-state index contributed by atoms with van der Waals surface area (Å²) in [5, 5.41) is 2.02. The quantitative estimate of drug-likeness (QED) is 0.434. The molecule has 0 bridgehead atoms. The van der Waals surface area contributed by atoms with Crippen LogP contribution in [0.15, 0.2) is 61.6 Å². The predicted octanol–water partition coefficient (Wildman–Crippen LogP) is 3.43. The fourth-order valence-corrected chi connectivity index (χ4v) is 4.57. The first kappa shape index (κ1) is 22.8. The average molecular weight is 470 g/mol. The van der Waals surface area contributed by atoms with Crippen molar-refractivity contribution < 1.29 is 9.13 Å². The van der Waals surface area contributed by atoms with Gasteiger partial charge in [0.15, 0.2) is 0 Å². The molecule has 0 unspecified atom stereocenters. The Kier molecular flexibility index (Phi) is 6.59. The number of fused-ring (bicyclic) bond motifs is 1. The lowest BCUT2D eigenvalue weighted by Gasteiger charge is -2.15. The van der Waals surface area contributed by atoms with Gasteiger partial charge in [-0.3, -0.25) is 9.88 Å². The van der Waals surface area contributed by atoms with Crippen LogP contribution in [0.3, 0.4) is 0 Å². The van der Waals surface area contributed by atoms with Gasteiger partial charge in [0.25, 0.3) is 0 Å². The van der Waals surface area contributed by atoms with Crippen molar-refractivity contribution in [2.24, 2.45) is 5.73 Å². The number of likely N-dealkylation sites (tertiary alicyclic amines) is 1. The van der Waals surface area contributed by atoms with Crippen LogP contribution in [0.25, 0.3) is 40.0 Å². The second-order valence-electron chi connectivity index (χ2n) is 8.66. The van der Waals surface area contributed by atoms with E-state index in [0.29, 0.717) is 28.6 Å². The minimum absolute atomic E-state index is 0.413. The van der Waals surface area contributed by atoms with Gasteiger partial charge in [0.05, 0.1) is 11.5 Å². The number of benzene rings is 1. The molecule has 3 N–H and O–H groups in total. The Bertz CT molecular complexity index is 1460. The molecular weight excluding hydrogens is 441 g/mol. The van der Waals surface area contributed by atoms with Crippen molar-refractivity contribution >= 4 is 28.9 Å². The van der Waals surface area contributed by atoms with E-state index in [1.807, 2.05) is 42.5 Å². The van der Waals surface area contributed by atoms with Crippen LogP contribution in [-0.2, 0) is 0 Å². The lowest BCUT2D eigenvalue weighted by atomic mass is 10.0. The first-order valence-corrected chi connectivity index (χ1v) is 11.8. The Morgan fingerprint density at radius 2 is 1.97 bits per heavy atom. The maximum Gasteiger partial charge on any atom is 0.150 e. The van der Waals surface area contributed by atoms with Crippen LogP contribution >= 0.6 is 0 Å². The number of rotatable bonds is 7. The third kappa shape index (κ3) is 4.81. The van der Waals surface area contributed by atoms with E-state index in [1.165, 1.54) is 25.2 Å². The van der Waals surface area contributed by atoms with E-state index < -0.39 is 5.82 Å². The molecule has 1 fully saturated rings. The molecule has 0 radical (unpaired) electrons. The number of aromatic nitrogens is 3. The zero-order chi connectivity index (χ0) is 24.2. The average Bonchev–Trinajstić information content (AvgIpc) is 3.53.